The van der Waals surface area contributed by atoms with Crippen molar-refractivity contribution in [1.82, 2.24) is 19.6 Å². The third-order valence-electron chi connectivity index (χ3n) is 4.41. The van der Waals surface area contributed by atoms with Crippen LogP contribution in [0.25, 0.3) is 0 Å². The maximum atomic E-state index is 13.0. The zero-order chi connectivity index (χ0) is 16.4. The molecule has 0 bridgehead atoms. The van der Waals surface area contributed by atoms with E-state index < -0.39 is 0 Å². The Labute approximate surface area is 137 Å². The molecular formula is C18H24N4O. The molecule has 0 aliphatic carbocycles. The van der Waals surface area contributed by atoms with E-state index in [1.54, 1.807) is 6.20 Å². The van der Waals surface area contributed by atoms with Crippen molar-refractivity contribution in [2.45, 2.75) is 25.9 Å². The van der Waals surface area contributed by atoms with Gasteiger partial charge in [0.25, 0.3) is 5.91 Å². The van der Waals surface area contributed by atoms with E-state index in [2.05, 4.69) is 43.0 Å². The average molecular weight is 312 g/mol. The van der Waals surface area contributed by atoms with Gasteiger partial charge >= 0.3 is 0 Å². The van der Waals surface area contributed by atoms with E-state index in [1.165, 1.54) is 5.56 Å². The number of benzene rings is 1. The second kappa shape index (κ2) is 6.54. The number of carbonyl (C=O) groups excluding carboxylic acids is 1. The molecule has 0 spiro atoms. The second-order valence-electron chi connectivity index (χ2n) is 6.49. The van der Waals surface area contributed by atoms with E-state index >= 15 is 0 Å². The lowest BCUT2D eigenvalue weighted by molar-refractivity contribution is 0.0498. The van der Waals surface area contributed by atoms with E-state index in [-0.39, 0.29) is 18.0 Å². The molecule has 23 heavy (non-hydrogen) atoms. The highest BCUT2D eigenvalue weighted by Crippen LogP contribution is 2.26. The number of piperazine rings is 1. The minimum atomic E-state index is 0.0684. The summed E-state index contributed by atoms with van der Waals surface area (Å²) in [5, 5.41) is 4.30. The lowest BCUT2D eigenvalue weighted by atomic mass is 10.0. The maximum Gasteiger partial charge on any atom is 0.257 e. The van der Waals surface area contributed by atoms with Gasteiger partial charge in [0, 0.05) is 31.9 Å². The first-order chi connectivity index (χ1) is 11.1. The van der Waals surface area contributed by atoms with Gasteiger partial charge in [0.1, 0.15) is 0 Å². The highest BCUT2D eigenvalue weighted by atomic mass is 16.2. The molecule has 1 aliphatic rings. The number of likely N-dealkylation sites (N-methyl/N-ethyl adjacent to an activating group) is 1. The number of carbonyl (C=O) groups is 1. The molecule has 0 saturated carbocycles. The summed E-state index contributed by atoms with van der Waals surface area (Å²) in [5.41, 5.74) is 1.85. The number of hydrogen-bond donors (Lipinski definition) is 0. The van der Waals surface area contributed by atoms with Crippen LogP contribution < -0.4 is 0 Å². The molecule has 1 amide bonds. The summed E-state index contributed by atoms with van der Waals surface area (Å²) in [5.74, 6) is 0.0684. The molecule has 1 aromatic heterocycles. The molecule has 1 aliphatic heterocycles. The summed E-state index contributed by atoms with van der Waals surface area (Å²) in [4.78, 5) is 17.2. The quantitative estimate of drug-likeness (QED) is 0.875. The predicted molar refractivity (Wildman–Crippen MR) is 90.3 cm³/mol. The molecule has 1 saturated heterocycles. The van der Waals surface area contributed by atoms with Crippen LogP contribution in [0.2, 0.25) is 0 Å². The first kappa shape index (κ1) is 15.7. The summed E-state index contributed by atoms with van der Waals surface area (Å²) in [6, 6.07) is 10.6. The monoisotopic (exact) mass is 312 g/mol. The van der Waals surface area contributed by atoms with Crippen molar-refractivity contribution in [2.75, 3.05) is 26.7 Å². The van der Waals surface area contributed by atoms with Crippen molar-refractivity contribution < 1.29 is 4.79 Å². The predicted octanol–water partition coefficient (Wildman–Crippen LogP) is 2.59. The molecule has 1 fully saturated rings. The summed E-state index contributed by atoms with van der Waals surface area (Å²) < 4.78 is 1.83. The molecule has 0 radical (unpaired) electrons. The van der Waals surface area contributed by atoms with Crippen molar-refractivity contribution in [3.05, 3.63) is 53.9 Å². The first-order valence-electron chi connectivity index (χ1n) is 8.15. The molecule has 5 heteroatoms. The fourth-order valence-electron chi connectivity index (χ4n) is 3.02. The molecular weight excluding hydrogens is 288 g/mol. The van der Waals surface area contributed by atoms with Crippen LogP contribution in [0.5, 0.6) is 0 Å². The Morgan fingerprint density at radius 3 is 2.61 bits per heavy atom. The molecule has 122 valence electrons. The van der Waals surface area contributed by atoms with Crippen molar-refractivity contribution in [3.63, 3.8) is 0 Å². The molecule has 3 rings (SSSR count). The molecule has 1 aromatic carbocycles. The van der Waals surface area contributed by atoms with E-state index in [0.29, 0.717) is 5.56 Å². The number of nitrogens with zero attached hydrogens (tertiary/aromatic N) is 4. The highest BCUT2D eigenvalue weighted by Gasteiger charge is 2.31. The fraction of sp³-hybridized carbons (Fsp3) is 0.444. The van der Waals surface area contributed by atoms with Gasteiger partial charge in [0.2, 0.25) is 0 Å². The average Bonchev–Trinajstić information content (AvgIpc) is 3.05. The first-order valence-corrected chi connectivity index (χ1v) is 8.15. The molecule has 5 nitrogen and oxygen atoms in total. The smallest absolute Gasteiger partial charge is 0.257 e. The lowest BCUT2D eigenvalue weighted by Crippen LogP contribution is -2.49. The maximum absolute atomic E-state index is 13.0. The van der Waals surface area contributed by atoms with Crippen LogP contribution in [-0.4, -0.2) is 52.2 Å². The van der Waals surface area contributed by atoms with Crippen LogP contribution in [0.3, 0.4) is 0 Å². The number of aromatic nitrogens is 2. The standard InChI is InChI=1S/C18H24N4O/c1-14(2)22-12-16(11-19-22)18(23)21-10-9-20(3)13-17(21)15-7-5-4-6-8-15/h4-8,11-12,14,17H,9-10,13H2,1-3H3/t17-/m0/s1. The largest absolute Gasteiger partial charge is 0.329 e. The Bertz CT molecular complexity index is 665. The Morgan fingerprint density at radius 2 is 1.96 bits per heavy atom. The third kappa shape index (κ3) is 3.29. The van der Waals surface area contributed by atoms with Crippen LogP contribution in [0.15, 0.2) is 42.7 Å². The topological polar surface area (TPSA) is 41.4 Å². The number of rotatable bonds is 3. The summed E-state index contributed by atoms with van der Waals surface area (Å²) in [6.45, 7) is 6.61. The Morgan fingerprint density at radius 1 is 1.22 bits per heavy atom. The van der Waals surface area contributed by atoms with Gasteiger partial charge in [-0.3, -0.25) is 9.48 Å². The van der Waals surface area contributed by atoms with E-state index in [1.807, 2.05) is 34.0 Å². The van der Waals surface area contributed by atoms with Crippen LogP contribution in [0.4, 0.5) is 0 Å². The second-order valence-corrected chi connectivity index (χ2v) is 6.49. The van der Waals surface area contributed by atoms with Gasteiger partial charge in [-0.05, 0) is 26.5 Å². The zero-order valence-corrected chi connectivity index (χ0v) is 14.0. The Hall–Kier alpha value is -2.14. The summed E-state index contributed by atoms with van der Waals surface area (Å²) >= 11 is 0. The molecule has 2 aromatic rings. The Kier molecular flexibility index (Phi) is 4.48. The highest BCUT2D eigenvalue weighted by molar-refractivity contribution is 5.94. The van der Waals surface area contributed by atoms with Crippen LogP contribution >= 0.6 is 0 Å². The van der Waals surface area contributed by atoms with Crippen molar-refractivity contribution in [1.29, 1.82) is 0 Å². The van der Waals surface area contributed by atoms with Gasteiger partial charge in [-0.25, -0.2) is 0 Å². The summed E-state index contributed by atoms with van der Waals surface area (Å²) in [7, 11) is 2.11. The van der Waals surface area contributed by atoms with E-state index in [4.69, 9.17) is 0 Å². The van der Waals surface area contributed by atoms with Gasteiger partial charge in [0.05, 0.1) is 17.8 Å². The minimum absolute atomic E-state index is 0.0684. The van der Waals surface area contributed by atoms with Crippen LogP contribution in [-0.2, 0) is 0 Å². The zero-order valence-electron chi connectivity index (χ0n) is 14.0. The fourth-order valence-corrected chi connectivity index (χ4v) is 3.02. The third-order valence-corrected chi connectivity index (χ3v) is 4.41. The minimum Gasteiger partial charge on any atom is -0.329 e. The van der Waals surface area contributed by atoms with Crippen molar-refractivity contribution in [2.24, 2.45) is 0 Å². The number of amides is 1. The Balaban J connectivity index is 1.87. The normalized spacial score (nSPS) is 19.3. The van der Waals surface area contributed by atoms with Gasteiger partial charge in [-0.2, -0.15) is 5.10 Å². The van der Waals surface area contributed by atoms with Crippen molar-refractivity contribution in [3.8, 4) is 0 Å². The number of hydrogen-bond acceptors (Lipinski definition) is 3. The molecule has 0 N–H and O–H groups in total. The van der Waals surface area contributed by atoms with Gasteiger partial charge < -0.3 is 9.80 Å². The molecule has 2 heterocycles. The van der Waals surface area contributed by atoms with Crippen molar-refractivity contribution >= 4 is 5.91 Å². The molecule has 0 unspecified atom stereocenters. The molecule has 1 atom stereocenters. The van der Waals surface area contributed by atoms with E-state index in [0.717, 1.165) is 19.6 Å². The van der Waals surface area contributed by atoms with Gasteiger partial charge in [0.15, 0.2) is 0 Å². The SMILES string of the molecule is CC(C)n1cc(C(=O)N2CCN(C)C[C@H]2c2ccccc2)cn1. The lowest BCUT2D eigenvalue weighted by Gasteiger charge is -2.40. The van der Waals surface area contributed by atoms with E-state index in [9.17, 15) is 4.79 Å². The van der Waals surface area contributed by atoms with Crippen LogP contribution in [0.1, 0.15) is 41.9 Å². The van der Waals surface area contributed by atoms with Gasteiger partial charge in [-0.1, -0.05) is 30.3 Å². The van der Waals surface area contributed by atoms with Gasteiger partial charge in [-0.15, -0.1) is 0 Å². The summed E-state index contributed by atoms with van der Waals surface area (Å²) in [6.07, 6.45) is 3.54. The van der Waals surface area contributed by atoms with Crippen LogP contribution in [0, 0.1) is 0 Å².